The summed E-state index contributed by atoms with van der Waals surface area (Å²) in [5, 5.41) is 3.29. The number of carbonyl (C=O) groups excluding carboxylic acids is 1. The van der Waals surface area contributed by atoms with E-state index in [-0.39, 0.29) is 27.9 Å². The first-order chi connectivity index (χ1) is 15.2. The van der Waals surface area contributed by atoms with E-state index in [1.165, 1.54) is 24.4 Å². The summed E-state index contributed by atoms with van der Waals surface area (Å²) in [6.07, 6.45) is 1.41. The lowest BCUT2D eigenvalue weighted by Crippen LogP contribution is -2.18. The van der Waals surface area contributed by atoms with Gasteiger partial charge in [0.05, 0.1) is 10.6 Å². The second-order valence-corrected chi connectivity index (χ2v) is 10.4. The van der Waals surface area contributed by atoms with Gasteiger partial charge in [-0.15, -0.1) is 0 Å². The molecule has 0 spiro atoms. The first kappa shape index (κ1) is 22.5. The Morgan fingerprint density at radius 2 is 1.75 bits per heavy atom. The predicted molar refractivity (Wildman–Crippen MR) is 127 cm³/mol. The number of anilines is 1. The molecule has 0 bridgehead atoms. The largest absolute Gasteiger partial charge is 0.337 e. The number of amides is 1. The number of para-hydroxylation sites is 1. The lowest BCUT2D eigenvalue weighted by Gasteiger charge is -2.07. The summed E-state index contributed by atoms with van der Waals surface area (Å²) in [4.78, 5) is 12.6. The van der Waals surface area contributed by atoms with Crippen LogP contribution in [0.15, 0.2) is 82.3 Å². The summed E-state index contributed by atoms with van der Waals surface area (Å²) in [6, 6.07) is 18.0. The summed E-state index contributed by atoms with van der Waals surface area (Å²) < 4.78 is 43.1. The van der Waals surface area contributed by atoms with E-state index in [0.717, 1.165) is 4.47 Å². The third-order valence-electron chi connectivity index (χ3n) is 4.93. The molecule has 0 saturated heterocycles. The summed E-state index contributed by atoms with van der Waals surface area (Å²) in [6.45, 7) is -0.0907. The summed E-state index contributed by atoms with van der Waals surface area (Å²) in [5.74, 6) is -1.58. The Morgan fingerprint density at radius 1 is 1.03 bits per heavy atom. The van der Waals surface area contributed by atoms with E-state index in [0.29, 0.717) is 16.6 Å². The van der Waals surface area contributed by atoms with E-state index in [9.17, 15) is 17.6 Å². The molecule has 9 heteroatoms. The van der Waals surface area contributed by atoms with E-state index in [1.807, 2.05) is 0 Å². The van der Waals surface area contributed by atoms with Crippen LogP contribution in [0.3, 0.4) is 0 Å². The van der Waals surface area contributed by atoms with Crippen molar-refractivity contribution in [2.75, 3.05) is 5.32 Å². The highest BCUT2D eigenvalue weighted by Crippen LogP contribution is 2.30. The van der Waals surface area contributed by atoms with Crippen molar-refractivity contribution >= 4 is 59.9 Å². The van der Waals surface area contributed by atoms with Gasteiger partial charge in [0.15, 0.2) is 9.84 Å². The maximum Gasteiger partial charge on any atom is 0.244 e. The molecule has 0 fully saturated rings. The molecule has 0 saturated carbocycles. The molecule has 1 aromatic heterocycles. The smallest absolute Gasteiger partial charge is 0.244 e. The van der Waals surface area contributed by atoms with E-state index in [1.54, 1.807) is 53.1 Å². The molecule has 0 unspecified atom stereocenters. The van der Waals surface area contributed by atoms with Crippen molar-refractivity contribution in [3.63, 3.8) is 0 Å². The van der Waals surface area contributed by atoms with Crippen molar-refractivity contribution in [2.24, 2.45) is 0 Å². The zero-order chi connectivity index (χ0) is 22.9. The molecular formula is C23H17BrClFN2O3S. The maximum absolute atomic E-state index is 14.2. The van der Waals surface area contributed by atoms with Crippen LogP contribution in [-0.4, -0.2) is 18.9 Å². The van der Waals surface area contributed by atoms with E-state index in [2.05, 4.69) is 21.2 Å². The Balaban J connectivity index is 1.66. The van der Waals surface area contributed by atoms with Crippen molar-refractivity contribution < 1.29 is 17.6 Å². The molecule has 0 aliphatic rings. The molecule has 0 aliphatic heterocycles. The fraction of sp³-hybridized carbons (Fsp3) is 0.0870. The summed E-state index contributed by atoms with van der Waals surface area (Å²) >= 11 is 9.38. The van der Waals surface area contributed by atoms with Gasteiger partial charge in [0, 0.05) is 37.8 Å². The number of nitrogens with one attached hydrogen (secondary N) is 1. The summed E-state index contributed by atoms with van der Waals surface area (Å²) in [5.41, 5.74) is 1.12. The Bertz CT molecular complexity index is 1400. The van der Waals surface area contributed by atoms with Gasteiger partial charge in [0.25, 0.3) is 0 Å². The van der Waals surface area contributed by atoms with Crippen molar-refractivity contribution in [1.29, 1.82) is 0 Å². The lowest BCUT2D eigenvalue weighted by atomic mass is 10.2. The molecule has 3 aromatic carbocycles. The number of carbonyl (C=O) groups is 1. The van der Waals surface area contributed by atoms with Crippen molar-refractivity contribution in [3.05, 3.63) is 93.8 Å². The number of hydrogen-bond donors (Lipinski definition) is 1. The molecule has 5 nitrogen and oxygen atoms in total. The van der Waals surface area contributed by atoms with Gasteiger partial charge in [-0.2, -0.15) is 0 Å². The van der Waals surface area contributed by atoms with Gasteiger partial charge in [0.2, 0.25) is 5.91 Å². The fourth-order valence-corrected chi connectivity index (χ4v) is 5.62. The van der Waals surface area contributed by atoms with Crippen LogP contribution in [-0.2, 0) is 26.9 Å². The third kappa shape index (κ3) is 4.72. The SMILES string of the molecule is O=C(Cn1cc(S(=O)(=O)Cc2c(F)cccc2Cl)c2ccccc21)Nc1ccc(Br)cc1. The van der Waals surface area contributed by atoms with Crippen LogP contribution in [0.25, 0.3) is 10.9 Å². The van der Waals surface area contributed by atoms with Crippen LogP contribution < -0.4 is 5.32 Å². The standard InChI is InChI=1S/C23H17BrClFN2O3S/c24-15-8-10-16(11-9-15)27-23(29)13-28-12-22(17-4-1-2-7-21(17)28)32(30,31)14-18-19(25)5-3-6-20(18)26/h1-12H,13-14H2,(H,27,29). The molecule has 1 heterocycles. The van der Waals surface area contributed by atoms with Gasteiger partial charge in [0.1, 0.15) is 12.4 Å². The number of nitrogens with zero attached hydrogens (tertiary/aromatic N) is 1. The molecule has 32 heavy (non-hydrogen) atoms. The van der Waals surface area contributed by atoms with E-state index in [4.69, 9.17) is 11.6 Å². The van der Waals surface area contributed by atoms with Crippen LogP contribution in [0.5, 0.6) is 0 Å². The van der Waals surface area contributed by atoms with E-state index >= 15 is 0 Å². The first-order valence-corrected chi connectivity index (χ1v) is 12.4. The average molecular weight is 536 g/mol. The number of sulfone groups is 1. The molecule has 1 amide bonds. The Morgan fingerprint density at radius 3 is 2.47 bits per heavy atom. The van der Waals surface area contributed by atoms with Gasteiger partial charge in [-0.25, -0.2) is 12.8 Å². The average Bonchev–Trinajstić information content (AvgIpc) is 3.12. The van der Waals surface area contributed by atoms with Gasteiger partial charge >= 0.3 is 0 Å². The minimum atomic E-state index is -3.95. The van der Waals surface area contributed by atoms with Gasteiger partial charge in [-0.3, -0.25) is 4.79 Å². The van der Waals surface area contributed by atoms with Crippen molar-refractivity contribution in [1.82, 2.24) is 4.57 Å². The highest BCUT2D eigenvalue weighted by atomic mass is 79.9. The Labute approximate surface area is 197 Å². The number of aromatic nitrogens is 1. The maximum atomic E-state index is 14.2. The number of benzene rings is 3. The monoisotopic (exact) mass is 534 g/mol. The zero-order valence-electron chi connectivity index (χ0n) is 16.6. The second-order valence-electron chi connectivity index (χ2n) is 7.15. The first-order valence-electron chi connectivity index (χ1n) is 9.53. The third-order valence-corrected chi connectivity index (χ3v) is 7.47. The molecule has 1 N–H and O–H groups in total. The minimum absolute atomic E-state index is 0.0175. The molecule has 0 radical (unpaired) electrons. The normalized spacial score (nSPS) is 11.6. The minimum Gasteiger partial charge on any atom is -0.337 e. The predicted octanol–water partition coefficient (Wildman–Crippen LogP) is 5.81. The zero-order valence-corrected chi connectivity index (χ0v) is 19.7. The van der Waals surface area contributed by atoms with Crippen LogP contribution >= 0.6 is 27.5 Å². The number of halogens is 3. The number of fused-ring (bicyclic) bond motifs is 1. The van der Waals surface area contributed by atoms with Crippen LogP contribution in [0.1, 0.15) is 5.56 Å². The van der Waals surface area contributed by atoms with Crippen molar-refractivity contribution in [2.45, 2.75) is 17.2 Å². The van der Waals surface area contributed by atoms with Gasteiger partial charge in [-0.1, -0.05) is 51.8 Å². The number of hydrogen-bond acceptors (Lipinski definition) is 3. The quantitative estimate of drug-likeness (QED) is 0.339. The van der Waals surface area contributed by atoms with Crippen LogP contribution in [0, 0.1) is 5.82 Å². The number of rotatable bonds is 6. The summed E-state index contributed by atoms with van der Waals surface area (Å²) in [7, 11) is -3.95. The van der Waals surface area contributed by atoms with Crippen LogP contribution in [0.2, 0.25) is 5.02 Å². The van der Waals surface area contributed by atoms with Crippen LogP contribution in [0.4, 0.5) is 10.1 Å². The Hall–Kier alpha value is -2.68. The lowest BCUT2D eigenvalue weighted by molar-refractivity contribution is -0.116. The topological polar surface area (TPSA) is 68.2 Å². The van der Waals surface area contributed by atoms with Gasteiger partial charge in [-0.05, 0) is 42.5 Å². The molecule has 4 rings (SSSR count). The molecule has 4 aromatic rings. The fourth-order valence-electron chi connectivity index (χ4n) is 3.42. The highest BCUT2D eigenvalue weighted by molar-refractivity contribution is 9.10. The van der Waals surface area contributed by atoms with E-state index < -0.39 is 21.4 Å². The Kier molecular flexibility index (Phi) is 6.37. The second kappa shape index (κ2) is 9.05. The molecule has 164 valence electrons. The van der Waals surface area contributed by atoms with Gasteiger partial charge < -0.3 is 9.88 Å². The molecule has 0 atom stereocenters. The highest BCUT2D eigenvalue weighted by Gasteiger charge is 2.24. The molecular weight excluding hydrogens is 519 g/mol. The van der Waals surface area contributed by atoms with Crippen molar-refractivity contribution in [3.8, 4) is 0 Å². The molecule has 0 aliphatic carbocycles.